The Morgan fingerprint density at radius 2 is 1.74 bits per heavy atom. The predicted molar refractivity (Wildman–Crippen MR) is 113 cm³/mol. The number of halogens is 2. The zero-order valence-corrected chi connectivity index (χ0v) is 17.5. The molecule has 0 radical (unpaired) electrons. The number of nitrogens with zero attached hydrogens (tertiary/aromatic N) is 2. The maximum atomic E-state index is 12.3. The minimum absolute atomic E-state index is 0. The highest BCUT2D eigenvalue weighted by molar-refractivity contribution is 5.85. The molecule has 8 heteroatoms. The molecule has 3 rings (SSSR count). The Bertz CT molecular complexity index is 548. The summed E-state index contributed by atoms with van der Waals surface area (Å²) in [5.74, 6) is 0.114. The summed E-state index contributed by atoms with van der Waals surface area (Å²) >= 11 is 0. The summed E-state index contributed by atoms with van der Waals surface area (Å²) in [4.78, 5) is 16.9. The number of nitrogens with one attached hydrogen (secondary N) is 2. The van der Waals surface area contributed by atoms with E-state index >= 15 is 0 Å². The van der Waals surface area contributed by atoms with Gasteiger partial charge in [-0.25, -0.2) is 0 Å². The van der Waals surface area contributed by atoms with Crippen molar-refractivity contribution in [1.29, 1.82) is 0 Å². The first kappa shape index (κ1) is 24.1. The van der Waals surface area contributed by atoms with Crippen molar-refractivity contribution in [3.63, 3.8) is 0 Å². The molecule has 2 saturated heterocycles. The van der Waals surface area contributed by atoms with Gasteiger partial charge in [-0.3, -0.25) is 14.6 Å². The zero-order chi connectivity index (χ0) is 17.3. The lowest BCUT2D eigenvalue weighted by atomic mass is 10.1. The van der Waals surface area contributed by atoms with Crippen molar-refractivity contribution in [2.45, 2.75) is 19.5 Å². The smallest absolute Gasteiger partial charge is 0.234 e. The third-order valence-electron chi connectivity index (χ3n) is 4.89. The molecular weight excluding hydrogens is 387 g/mol. The van der Waals surface area contributed by atoms with E-state index in [0.717, 1.165) is 65.4 Å². The van der Waals surface area contributed by atoms with Crippen molar-refractivity contribution in [1.82, 2.24) is 20.4 Å². The van der Waals surface area contributed by atoms with Gasteiger partial charge in [0.2, 0.25) is 5.91 Å². The maximum absolute atomic E-state index is 12.3. The van der Waals surface area contributed by atoms with Gasteiger partial charge < -0.3 is 15.4 Å². The van der Waals surface area contributed by atoms with Gasteiger partial charge in [0.15, 0.2) is 0 Å². The van der Waals surface area contributed by atoms with Crippen LogP contribution in [0.2, 0.25) is 0 Å². The van der Waals surface area contributed by atoms with Gasteiger partial charge in [0.05, 0.1) is 19.8 Å². The van der Waals surface area contributed by atoms with E-state index in [1.807, 2.05) is 6.07 Å². The highest BCUT2D eigenvalue weighted by Gasteiger charge is 2.15. The van der Waals surface area contributed by atoms with Gasteiger partial charge in [0.1, 0.15) is 0 Å². The number of benzene rings is 1. The molecule has 154 valence electrons. The molecule has 0 unspecified atom stereocenters. The molecule has 0 bridgehead atoms. The SMILES string of the molecule is Cl.Cl.O=C(CN1CCCNCC1)NCc1ccccc1CN1CCOCC1. The molecule has 2 aliphatic heterocycles. The molecule has 2 fully saturated rings. The Balaban J connectivity index is 0.00000182. The van der Waals surface area contributed by atoms with Crippen molar-refractivity contribution < 1.29 is 9.53 Å². The monoisotopic (exact) mass is 418 g/mol. The summed E-state index contributed by atoms with van der Waals surface area (Å²) in [7, 11) is 0. The van der Waals surface area contributed by atoms with Crippen molar-refractivity contribution in [3.05, 3.63) is 35.4 Å². The van der Waals surface area contributed by atoms with Crippen LogP contribution in [0.15, 0.2) is 24.3 Å². The van der Waals surface area contributed by atoms with Gasteiger partial charge in [-0.15, -0.1) is 24.8 Å². The summed E-state index contributed by atoms with van der Waals surface area (Å²) < 4.78 is 5.42. The number of hydrogen-bond acceptors (Lipinski definition) is 5. The number of rotatable bonds is 6. The van der Waals surface area contributed by atoms with Gasteiger partial charge in [-0.2, -0.15) is 0 Å². The standard InChI is InChI=1S/C19H30N4O2.2ClH/c24-19(16-22-8-3-6-20-7-9-22)21-14-17-4-1-2-5-18(17)15-23-10-12-25-13-11-23;;/h1-2,4-5,20H,3,6-16H2,(H,21,24);2*1H. The summed E-state index contributed by atoms with van der Waals surface area (Å²) in [5.41, 5.74) is 2.50. The Hall–Kier alpha value is -0.890. The summed E-state index contributed by atoms with van der Waals surface area (Å²) in [6.45, 7) is 9.55. The fraction of sp³-hybridized carbons (Fsp3) is 0.632. The first-order valence-corrected chi connectivity index (χ1v) is 9.38. The van der Waals surface area contributed by atoms with Gasteiger partial charge in [-0.1, -0.05) is 24.3 Å². The molecule has 27 heavy (non-hydrogen) atoms. The molecule has 1 aromatic carbocycles. The Kier molecular flexibility index (Phi) is 11.9. The minimum Gasteiger partial charge on any atom is -0.379 e. The fourth-order valence-corrected chi connectivity index (χ4v) is 3.40. The Labute approximate surface area is 174 Å². The van der Waals surface area contributed by atoms with Gasteiger partial charge >= 0.3 is 0 Å². The molecule has 0 atom stereocenters. The normalized spacial score (nSPS) is 18.7. The average Bonchev–Trinajstić information content (AvgIpc) is 2.90. The quantitative estimate of drug-likeness (QED) is 0.728. The molecule has 1 aromatic rings. The van der Waals surface area contributed by atoms with Crippen LogP contribution in [-0.2, 0) is 22.6 Å². The second-order valence-electron chi connectivity index (χ2n) is 6.81. The minimum atomic E-state index is 0. The molecule has 1 amide bonds. The molecule has 0 spiro atoms. The van der Waals surface area contributed by atoms with Crippen LogP contribution in [0, 0.1) is 0 Å². The number of morpholine rings is 1. The number of amides is 1. The fourth-order valence-electron chi connectivity index (χ4n) is 3.40. The molecule has 0 aromatic heterocycles. The van der Waals surface area contributed by atoms with Crippen molar-refractivity contribution in [3.8, 4) is 0 Å². The predicted octanol–water partition coefficient (Wildman–Crippen LogP) is 1.27. The van der Waals surface area contributed by atoms with E-state index in [0.29, 0.717) is 13.1 Å². The summed E-state index contributed by atoms with van der Waals surface area (Å²) in [5, 5.41) is 6.47. The number of carbonyl (C=O) groups excluding carboxylic acids is 1. The number of carbonyl (C=O) groups is 1. The lowest BCUT2D eigenvalue weighted by Crippen LogP contribution is -2.39. The van der Waals surface area contributed by atoms with E-state index in [1.165, 1.54) is 11.1 Å². The van der Waals surface area contributed by atoms with Crippen LogP contribution >= 0.6 is 24.8 Å². The van der Waals surface area contributed by atoms with Crippen molar-refractivity contribution >= 4 is 30.7 Å². The first-order valence-electron chi connectivity index (χ1n) is 9.38. The molecule has 6 nitrogen and oxygen atoms in total. The van der Waals surface area contributed by atoms with Crippen molar-refractivity contribution in [2.75, 3.05) is 59.0 Å². The van der Waals surface area contributed by atoms with Gasteiger partial charge in [-0.05, 0) is 30.6 Å². The highest BCUT2D eigenvalue weighted by atomic mass is 35.5. The first-order chi connectivity index (χ1) is 12.3. The van der Waals surface area contributed by atoms with Crippen LogP contribution in [0.4, 0.5) is 0 Å². The number of hydrogen-bond donors (Lipinski definition) is 2. The zero-order valence-electron chi connectivity index (χ0n) is 15.8. The summed E-state index contributed by atoms with van der Waals surface area (Å²) in [6, 6.07) is 8.40. The molecule has 0 saturated carbocycles. The third-order valence-corrected chi connectivity index (χ3v) is 4.89. The second-order valence-corrected chi connectivity index (χ2v) is 6.81. The number of ether oxygens (including phenoxy) is 1. The van der Waals surface area contributed by atoms with E-state index in [4.69, 9.17) is 4.74 Å². The topological polar surface area (TPSA) is 56.8 Å². The second kappa shape index (κ2) is 13.3. The van der Waals surface area contributed by atoms with E-state index in [-0.39, 0.29) is 30.7 Å². The van der Waals surface area contributed by atoms with Crippen LogP contribution in [0.1, 0.15) is 17.5 Å². The molecule has 2 N–H and O–H groups in total. The average molecular weight is 419 g/mol. The van der Waals surface area contributed by atoms with Crippen LogP contribution in [0.25, 0.3) is 0 Å². The highest BCUT2D eigenvalue weighted by Crippen LogP contribution is 2.13. The van der Waals surface area contributed by atoms with E-state index in [9.17, 15) is 4.79 Å². The van der Waals surface area contributed by atoms with Gasteiger partial charge in [0, 0.05) is 39.3 Å². The van der Waals surface area contributed by atoms with Crippen molar-refractivity contribution in [2.24, 2.45) is 0 Å². The Morgan fingerprint density at radius 3 is 2.52 bits per heavy atom. The maximum Gasteiger partial charge on any atom is 0.234 e. The van der Waals surface area contributed by atoms with Crippen LogP contribution < -0.4 is 10.6 Å². The van der Waals surface area contributed by atoms with E-state index in [1.54, 1.807) is 0 Å². The molecule has 2 heterocycles. The van der Waals surface area contributed by atoms with Crippen LogP contribution in [0.3, 0.4) is 0 Å². The van der Waals surface area contributed by atoms with Gasteiger partial charge in [0.25, 0.3) is 0 Å². The molecule has 0 aliphatic carbocycles. The molecular formula is C19H32Cl2N4O2. The van der Waals surface area contributed by atoms with Crippen LogP contribution in [-0.4, -0.2) is 74.7 Å². The third kappa shape index (κ3) is 8.34. The lowest BCUT2D eigenvalue weighted by molar-refractivity contribution is -0.122. The Morgan fingerprint density at radius 1 is 1.00 bits per heavy atom. The largest absolute Gasteiger partial charge is 0.379 e. The van der Waals surface area contributed by atoms with E-state index in [2.05, 4.69) is 38.6 Å². The molecule has 2 aliphatic rings. The van der Waals surface area contributed by atoms with E-state index < -0.39 is 0 Å². The van der Waals surface area contributed by atoms with Crippen LogP contribution in [0.5, 0.6) is 0 Å². The lowest BCUT2D eigenvalue weighted by Gasteiger charge is -2.27. The summed E-state index contributed by atoms with van der Waals surface area (Å²) in [6.07, 6.45) is 1.11.